The van der Waals surface area contributed by atoms with Crippen LogP contribution >= 0.6 is 0 Å². The van der Waals surface area contributed by atoms with Crippen LogP contribution in [0.4, 0.5) is 11.4 Å². The van der Waals surface area contributed by atoms with E-state index >= 15 is 0 Å². The van der Waals surface area contributed by atoms with Gasteiger partial charge in [0.15, 0.2) is 0 Å². The lowest BCUT2D eigenvalue weighted by Crippen LogP contribution is -2.42. The second-order valence-corrected chi connectivity index (χ2v) is 8.40. The maximum absolute atomic E-state index is 13.1. The highest BCUT2D eigenvalue weighted by Gasteiger charge is 2.37. The summed E-state index contributed by atoms with van der Waals surface area (Å²) in [5.41, 5.74) is 2.34. The largest absolute Gasteiger partial charge is 0.311 e. The van der Waals surface area contributed by atoms with Gasteiger partial charge in [0.2, 0.25) is 5.91 Å². The number of benzene rings is 3. The van der Waals surface area contributed by atoms with Crippen LogP contribution in [-0.2, 0) is 14.8 Å². The summed E-state index contributed by atoms with van der Waals surface area (Å²) in [6.45, 7) is 4.07. The summed E-state index contributed by atoms with van der Waals surface area (Å²) < 4.78 is 27.4. The van der Waals surface area contributed by atoms with Gasteiger partial charge in [0.1, 0.15) is 6.54 Å². The number of amides is 1. The van der Waals surface area contributed by atoms with Gasteiger partial charge in [0, 0.05) is 17.6 Å². The van der Waals surface area contributed by atoms with Crippen LogP contribution in [0, 0.1) is 6.92 Å². The van der Waals surface area contributed by atoms with Crippen molar-refractivity contribution in [2.45, 2.75) is 18.7 Å². The molecule has 6 heteroatoms. The lowest BCUT2D eigenvalue weighted by atomic mass is 10.1. The Morgan fingerprint density at radius 1 is 1.00 bits per heavy atom. The highest BCUT2D eigenvalue weighted by atomic mass is 32.2. The van der Waals surface area contributed by atoms with Gasteiger partial charge in [-0.2, -0.15) is 0 Å². The normalized spacial score (nSPS) is 14.5. The van der Waals surface area contributed by atoms with E-state index in [-0.39, 0.29) is 17.3 Å². The molecule has 1 heterocycles. The van der Waals surface area contributed by atoms with Crippen molar-refractivity contribution in [3.8, 4) is 0 Å². The van der Waals surface area contributed by atoms with Gasteiger partial charge >= 0.3 is 0 Å². The van der Waals surface area contributed by atoms with E-state index in [1.54, 1.807) is 23.1 Å². The minimum atomic E-state index is -3.74. The third-order valence-electron chi connectivity index (χ3n) is 4.98. The smallest absolute Gasteiger partial charge is 0.265 e. The molecule has 0 spiro atoms. The van der Waals surface area contributed by atoms with Crippen molar-refractivity contribution in [1.29, 1.82) is 0 Å². The summed E-state index contributed by atoms with van der Waals surface area (Å²) in [4.78, 5) is 15.0. The molecule has 3 aromatic rings. The Hall–Kier alpha value is -2.86. The molecule has 0 bridgehead atoms. The van der Waals surface area contributed by atoms with Gasteiger partial charge in [0.05, 0.1) is 10.6 Å². The molecule has 0 saturated carbocycles. The number of hydrogen-bond donors (Lipinski definition) is 0. The van der Waals surface area contributed by atoms with Crippen LogP contribution in [-0.4, -0.2) is 27.4 Å². The molecule has 27 heavy (non-hydrogen) atoms. The minimum Gasteiger partial charge on any atom is -0.311 e. The predicted octanol–water partition coefficient (Wildman–Crippen LogP) is 3.71. The molecular weight excluding hydrogens is 360 g/mol. The Kier molecular flexibility index (Phi) is 4.15. The Morgan fingerprint density at radius 3 is 2.41 bits per heavy atom. The summed E-state index contributed by atoms with van der Waals surface area (Å²) in [5, 5.41) is 1.54. The first-order chi connectivity index (χ1) is 12.9. The lowest BCUT2D eigenvalue weighted by Gasteiger charge is -2.26. The zero-order valence-corrected chi connectivity index (χ0v) is 16.0. The van der Waals surface area contributed by atoms with Crippen molar-refractivity contribution in [2.75, 3.05) is 22.3 Å². The molecule has 0 fully saturated rings. The number of likely N-dealkylation sites (N-methyl/N-ethyl adjacent to an activating group) is 1. The molecule has 0 atom stereocenters. The fraction of sp³-hybridized carbons (Fsp3) is 0.190. The first-order valence-electron chi connectivity index (χ1n) is 8.85. The number of carbonyl (C=O) groups excluding carboxylic acids is 1. The molecule has 5 nitrogen and oxygen atoms in total. The molecule has 0 N–H and O–H groups in total. The van der Waals surface area contributed by atoms with E-state index < -0.39 is 10.0 Å². The summed E-state index contributed by atoms with van der Waals surface area (Å²) >= 11 is 0. The van der Waals surface area contributed by atoms with Gasteiger partial charge in [-0.05, 0) is 43.0 Å². The van der Waals surface area contributed by atoms with Gasteiger partial charge < -0.3 is 4.90 Å². The van der Waals surface area contributed by atoms with E-state index in [4.69, 9.17) is 0 Å². The van der Waals surface area contributed by atoms with Crippen LogP contribution in [0.1, 0.15) is 12.5 Å². The first kappa shape index (κ1) is 17.5. The molecule has 1 aliphatic rings. The van der Waals surface area contributed by atoms with Crippen LogP contribution in [0.3, 0.4) is 0 Å². The molecule has 1 amide bonds. The van der Waals surface area contributed by atoms with Gasteiger partial charge in [-0.25, -0.2) is 8.42 Å². The van der Waals surface area contributed by atoms with Crippen molar-refractivity contribution in [3.63, 3.8) is 0 Å². The van der Waals surface area contributed by atoms with Crippen LogP contribution in [0.2, 0.25) is 0 Å². The molecule has 0 saturated heterocycles. The fourth-order valence-electron chi connectivity index (χ4n) is 3.68. The number of para-hydroxylation sites is 1. The van der Waals surface area contributed by atoms with Crippen LogP contribution in [0.15, 0.2) is 65.6 Å². The number of aryl methyl sites for hydroxylation is 1. The van der Waals surface area contributed by atoms with Gasteiger partial charge in [0.25, 0.3) is 10.0 Å². The van der Waals surface area contributed by atoms with Gasteiger partial charge in [-0.15, -0.1) is 0 Å². The standard InChI is InChI=1S/C21H20N2O3S/c1-3-22(17-11-5-4-8-15(17)2)20(24)14-23-18-12-6-9-16-10-7-13-19(21(16)18)27(23,25)26/h4-13H,3,14H2,1-2H3. The second-order valence-electron chi connectivity index (χ2n) is 6.57. The van der Waals surface area contributed by atoms with Crippen LogP contribution in [0.25, 0.3) is 10.8 Å². The SMILES string of the molecule is CCN(C(=O)CN1c2cccc3cccc(c23)S1(=O)=O)c1ccccc1C. The molecule has 4 rings (SSSR count). The zero-order chi connectivity index (χ0) is 19.2. The molecule has 0 aromatic heterocycles. The molecule has 1 aliphatic heterocycles. The van der Waals surface area contributed by atoms with E-state index in [9.17, 15) is 13.2 Å². The van der Waals surface area contributed by atoms with E-state index in [1.165, 1.54) is 4.31 Å². The van der Waals surface area contributed by atoms with Crippen molar-refractivity contribution in [2.24, 2.45) is 0 Å². The average molecular weight is 380 g/mol. The second kappa shape index (κ2) is 6.39. The Morgan fingerprint density at radius 2 is 1.70 bits per heavy atom. The number of carbonyl (C=O) groups is 1. The maximum atomic E-state index is 13.1. The van der Waals surface area contributed by atoms with Crippen molar-refractivity contribution in [1.82, 2.24) is 0 Å². The number of hydrogen-bond acceptors (Lipinski definition) is 3. The Labute approximate surface area is 158 Å². The molecule has 3 aromatic carbocycles. The number of nitrogens with zero attached hydrogens (tertiary/aromatic N) is 2. The summed E-state index contributed by atoms with van der Waals surface area (Å²) in [6.07, 6.45) is 0. The van der Waals surface area contributed by atoms with Crippen molar-refractivity contribution < 1.29 is 13.2 Å². The Bertz CT molecular complexity index is 1150. The van der Waals surface area contributed by atoms with E-state index in [1.807, 2.05) is 56.3 Å². The number of sulfonamides is 1. The van der Waals surface area contributed by atoms with Gasteiger partial charge in [-0.1, -0.05) is 42.5 Å². The van der Waals surface area contributed by atoms with E-state index in [0.717, 1.165) is 16.6 Å². The summed E-state index contributed by atoms with van der Waals surface area (Å²) in [7, 11) is -3.74. The highest BCUT2D eigenvalue weighted by Crippen LogP contribution is 2.41. The predicted molar refractivity (Wildman–Crippen MR) is 108 cm³/mol. The molecule has 0 unspecified atom stereocenters. The first-order valence-corrected chi connectivity index (χ1v) is 10.3. The average Bonchev–Trinajstić information content (AvgIpc) is 2.87. The Balaban J connectivity index is 1.74. The summed E-state index contributed by atoms with van der Waals surface area (Å²) in [5.74, 6) is -0.250. The van der Waals surface area contributed by atoms with Crippen LogP contribution < -0.4 is 9.21 Å². The lowest BCUT2D eigenvalue weighted by molar-refractivity contribution is -0.117. The molecule has 138 valence electrons. The fourth-order valence-corrected chi connectivity index (χ4v) is 5.34. The van der Waals surface area contributed by atoms with Crippen molar-refractivity contribution in [3.05, 3.63) is 66.2 Å². The van der Waals surface area contributed by atoms with Crippen molar-refractivity contribution >= 4 is 38.1 Å². The van der Waals surface area contributed by atoms with E-state index in [0.29, 0.717) is 17.6 Å². The summed E-state index contributed by atoms with van der Waals surface area (Å²) in [6, 6.07) is 18.3. The third kappa shape index (κ3) is 2.68. The van der Waals surface area contributed by atoms with Gasteiger partial charge in [-0.3, -0.25) is 9.10 Å². The maximum Gasteiger partial charge on any atom is 0.265 e. The molecule has 0 aliphatic carbocycles. The third-order valence-corrected chi connectivity index (χ3v) is 6.79. The number of anilines is 2. The quantitative estimate of drug-likeness (QED) is 0.693. The number of rotatable bonds is 4. The zero-order valence-electron chi connectivity index (χ0n) is 15.2. The topological polar surface area (TPSA) is 57.7 Å². The highest BCUT2D eigenvalue weighted by molar-refractivity contribution is 7.93. The minimum absolute atomic E-state index is 0.224. The molecular formula is C21H20N2O3S. The van der Waals surface area contributed by atoms with Crippen LogP contribution in [0.5, 0.6) is 0 Å². The monoisotopic (exact) mass is 380 g/mol. The van der Waals surface area contributed by atoms with E-state index in [2.05, 4.69) is 0 Å². The molecule has 0 radical (unpaired) electrons.